The van der Waals surface area contributed by atoms with Crippen LogP contribution in [-0.2, 0) is 4.79 Å². The Morgan fingerprint density at radius 3 is 2.78 bits per heavy atom. The molecule has 4 rings (SSSR count). The van der Waals surface area contributed by atoms with Crippen molar-refractivity contribution in [3.8, 4) is 11.8 Å². The van der Waals surface area contributed by atoms with Crippen LogP contribution in [0.25, 0.3) is 10.9 Å². The monoisotopic (exact) mass is 442 g/mol. The minimum atomic E-state index is -2.51. The molecule has 0 saturated heterocycles. The predicted octanol–water partition coefficient (Wildman–Crippen LogP) is 3.05. The molecule has 0 radical (unpaired) electrons. The highest BCUT2D eigenvalue weighted by molar-refractivity contribution is 5.97. The minimum absolute atomic E-state index is 0.00975. The van der Waals surface area contributed by atoms with Gasteiger partial charge in [-0.2, -0.15) is 5.10 Å². The molecule has 0 aromatic carbocycles. The number of amides is 1. The van der Waals surface area contributed by atoms with Crippen molar-refractivity contribution in [2.75, 3.05) is 31.0 Å². The zero-order valence-corrected chi connectivity index (χ0v) is 17.5. The highest BCUT2D eigenvalue weighted by atomic mass is 19.1. The molecule has 0 unspecified atom stereocenters. The largest absolute Gasteiger partial charge is 0.371 e. The first-order chi connectivity index (χ1) is 16.6. The number of aromatic nitrogens is 5. The standard InChI is InChI=1S/C22H23F2N7O/c1-12-6-17(12)22(32)27-19-7-18-14(10-26-21(25-3)20(18)29-28-19)4-5-15-11-31(30-13(15)2)16(8-23)9-24/h7,10-12,16-17H,6,8-9H2,1-3H3,(H,25,26)(H,27,28,32)/t12-,17+/m1/s1/i3D3. The maximum Gasteiger partial charge on any atom is 0.228 e. The number of anilines is 2. The lowest BCUT2D eigenvalue weighted by atomic mass is 10.1. The molecule has 1 fully saturated rings. The molecule has 1 amide bonds. The van der Waals surface area contributed by atoms with E-state index < -0.39 is 26.4 Å². The molecule has 1 saturated carbocycles. The number of carbonyl (C=O) groups excluding carboxylic acids is 1. The van der Waals surface area contributed by atoms with Gasteiger partial charge in [0.05, 0.1) is 16.8 Å². The lowest BCUT2D eigenvalue weighted by Gasteiger charge is -2.08. The van der Waals surface area contributed by atoms with Crippen LogP contribution in [0.5, 0.6) is 0 Å². The SMILES string of the molecule is [2H]C([2H])([2H])Nc1ncc(C#Cc2cn(C(CF)CF)nc2C)c2cc(NC(=O)[C@H]3C[C@H]3C)nnc12. The Morgan fingerprint density at radius 2 is 2.09 bits per heavy atom. The number of nitrogens with zero attached hydrogens (tertiary/aromatic N) is 5. The summed E-state index contributed by atoms with van der Waals surface area (Å²) >= 11 is 0. The quantitative estimate of drug-likeness (QED) is 0.570. The van der Waals surface area contributed by atoms with Gasteiger partial charge >= 0.3 is 0 Å². The van der Waals surface area contributed by atoms with Gasteiger partial charge in [0.25, 0.3) is 0 Å². The molecular formula is C22H23F2N7O. The number of carbonyl (C=O) groups is 1. The molecule has 0 aliphatic heterocycles. The summed E-state index contributed by atoms with van der Waals surface area (Å²) in [6, 6.07) is 0.537. The molecule has 32 heavy (non-hydrogen) atoms. The van der Waals surface area contributed by atoms with E-state index in [9.17, 15) is 13.6 Å². The van der Waals surface area contributed by atoms with E-state index in [4.69, 9.17) is 4.11 Å². The number of nitrogens with one attached hydrogen (secondary N) is 2. The van der Waals surface area contributed by atoms with Crippen LogP contribution in [-0.4, -0.2) is 51.2 Å². The van der Waals surface area contributed by atoms with E-state index in [1.807, 2.05) is 6.92 Å². The summed E-state index contributed by atoms with van der Waals surface area (Å²) in [7, 11) is 0. The van der Waals surface area contributed by atoms with Gasteiger partial charge in [0, 0.05) is 34.8 Å². The number of aryl methyl sites for hydroxylation is 1. The summed E-state index contributed by atoms with van der Waals surface area (Å²) in [5, 5.41) is 17.7. The number of halogens is 2. The van der Waals surface area contributed by atoms with Crippen molar-refractivity contribution in [3.63, 3.8) is 0 Å². The maximum atomic E-state index is 13.0. The van der Waals surface area contributed by atoms with E-state index in [0.29, 0.717) is 28.1 Å². The van der Waals surface area contributed by atoms with Crippen molar-refractivity contribution < 1.29 is 17.7 Å². The third kappa shape index (κ3) is 4.23. The minimum Gasteiger partial charge on any atom is -0.371 e. The van der Waals surface area contributed by atoms with Gasteiger partial charge in [-0.3, -0.25) is 9.48 Å². The Hall–Kier alpha value is -3.61. The van der Waals surface area contributed by atoms with Gasteiger partial charge in [-0.15, -0.1) is 10.2 Å². The van der Waals surface area contributed by atoms with E-state index in [1.54, 1.807) is 13.0 Å². The van der Waals surface area contributed by atoms with Crippen LogP contribution in [0, 0.1) is 30.6 Å². The highest BCUT2D eigenvalue weighted by Crippen LogP contribution is 2.38. The first kappa shape index (κ1) is 18.0. The van der Waals surface area contributed by atoms with Crippen LogP contribution >= 0.6 is 0 Å². The van der Waals surface area contributed by atoms with Crippen molar-refractivity contribution in [2.24, 2.45) is 11.8 Å². The van der Waals surface area contributed by atoms with E-state index >= 15 is 0 Å². The number of pyridine rings is 1. The van der Waals surface area contributed by atoms with Crippen molar-refractivity contribution in [3.05, 3.63) is 35.3 Å². The molecule has 3 aromatic rings. The number of hydrogen-bond donors (Lipinski definition) is 2. The fourth-order valence-electron chi connectivity index (χ4n) is 3.30. The third-order valence-corrected chi connectivity index (χ3v) is 5.43. The van der Waals surface area contributed by atoms with Crippen LogP contribution in [0.2, 0.25) is 0 Å². The Labute approximate surface area is 188 Å². The number of fused-ring (bicyclic) bond motifs is 1. The van der Waals surface area contributed by atoms with Crippen LogP contribution in [0.1, 0.15) is 40.3 Å². The zero-order valence-electron chi connectivity index (χ0n) is 20.5. The smallest absolute Gasteiger partial charge is 0.228 e. The second kappa shape index (κ2) is 8.86. The second-order valence-electron chi connectivity index (χ2n) is 7.77. The van der Waals surface area contributed by atoms with Crippen LogP contribution < -0.4 is 10.6 Å². The lowest BCUT2D eigenvalue weighted by molar-refractivity contribution is -0.117. The van der Waals surface area contributed by atoms with Crippen molar-refractivity contribution in [2.45, 2.75) is 26.3 Å². The van der Waals surface area contributed by atoms with Gasteiger partial charge in [0.15, 0.2) is 11.6 Å². The molecule has 0 bridgehead atoms. The molecule has 10 heteroatoms. The molecule has 166 valence electrons. The third-order valence-electron chi connectivity index (χ3n) is 5.43. The van der Waals surface area contributed by atoms with Crippen LogP contribution in [0.4, 0.5) is 20.4 Å². The van der Waals surface area contributed by atoms with Crippen molar-refractivity contribution in [1.82, 2.24) is 25.0 Å². The van der Waals surface area contributed by atoms with Crippen LogP contribution in [0.15, 0.2) is 18.5 Å². The Kier molecular flexibility index (Phi) is 4.99. The van der Waals surface area contributed by atoms with Gasteiger partial charge in [-0.1, -0.05) is 18.8 Å². The molecule has 2 atom stereocenters. The summed E-state index contributed by atoms with van der Waals surface area (Å²) < 4.78 is 49.7. The van der Waals surface area contributed by atoms with Gasteiger partial charge in [0.1, 0.15) is 24.9 Å². The first-order valence-corrected chi connectivity index (χ1v) is 10.0. The molecule has 2 N–H and O–H groups in total. The van der Waals surface area contributed by atoms with Gasteiger partial charge < -0.3 is 10.6 Å². The topological polar surface area (TPSA) is 97.6 Å². The fraction of sp³-hybridized carbons (Fsp3) is 0.409. The summed E-state index contributed by atoms with van der Waals surface area (Å²) in [6.07, 6.45) is 3.65. The fourth-order valence-corrected chi connectivity index (χ4v) is 3.30. The second-order valence-corrected chi connectivity index (χ2v) is 7.77. The Bertz CT molecular complexity index is 1330. The summed E-state index contributed by atoms with van der Waals surface area (Å²) in [6.45, 7) is -0.659. The van der Waals surface area contributed by atoms with E-state index in [1.165, 1.54) is 17.1 Å². The van der Waals surface area contributed by atoms with Gasteiger partial charge in [-0.25, -0.2) is 13.8 Å². The highest BCUT2D eigenvalue weighted by Gasteiger charge is 2.39. The number of hydrogen-bond acceptors (Lipinski definition) is 6. The Morgan fingerprint density at radius 1 is 1.34 bits per heavy atom. The van der Waals surface area contributed by atoms with E-state index in [0.717, 1.165) is 6.42 Å². The average molecular weight is 442 g/mol. The van der Waals surface area contributed by atoms with Crippen molar-refractivity contribution in [1.29, 1.82) is 0 Å². The van der Waals surface area contributed by atoms with E-state index in [2.05, 4.69) is 42.8 Å². The lowest BCUT2D eigenvalue weighted by Crippen LogP contribution is -2.16. The molecule has 0 spiro atoms. The summed E-state index contributed by atoms with van der Waals surface area (Å²) in [5.41, 5.74) is 1.51. The molecule has 1 aliphatic carbocycles. The zero-order chi connectivity index (χ0) is 25.3. The molecule has 8 nitrogen and oxygen atoms in total. The molecular weight excluding hydrogens is 416 g/mol. The van der Waals surface area contributed by atoms with Gasteiger partial charge in [-0.05, 0) is 25.3 Å². The summed E-state index contributed by atoms with van der Waals surface area (Å²) in [5.74, 6) is 6.13. The first-order valence-electron chi connectivity index (χ1n) is 11.5. The van der Waals surface area contributed by atoms with Crippen LogP contribution in [0.3, 0.4) is 0 Å². The number of alkyl halides is 2. The van der Waals surface area contributed by atoms with Crippen molar-refractivity contribution >= 4 is 28.4 Å². The Balaban J connectivity index is 1.74. The summed E-state index contributed by atoms with van der Waals surface area (Å²) in [4.78, 5) is 16.5. The maximum absolute atomic E-state index is 13.0. The normalized spacial score (nSPS) is 19.0. The average Bonchev–Trinajstić information content (AvgIpc) is 3.42. The van der Waals surface area contributed by atoms with Gasteiger partial charge in [0.2, 0.25) is 5.91 Å². The molecule has 3 aromatic heterocycles. The van der Waals surface area contributed by atoms with E-state index in [-0.39, 0.29) is 29.0 Å². The molecule has 1 aliphatic rings. The number of rotatable bonds is 6. The molecule has 3 heterocycles. The predicted molar refractivity (Wildman–Crippen MR) is 117 cm³/mol.